The second-order valence-electron chi connectivity index (χ2n) is 6.80. The molecule has 5 heteroatoms. The summed E-state index contributed by atoms with van der Waals surface area (Å²) in [6, 6.07) is 0. The number of hydrogen-bond donors (Lipinski definition) is 0. The standard InChI is InChI=1S/C17H26F4O/c1-2-3-12-4-6-13(7-5-12)14-8-9-16(22-11-14)15(18)10-17(19,20)21/h10,12-14,16H,2-9,11H2,1H3. The highest BCUT2D eigenvalue weighted by atomic mass is 19.4. The summed E-state index contributed by atoms with van der Waals surface area (Å²) in [6.07, 6.45) is 2.64. The third-order valence-electron chi connectivity index (χ3n) is 5.18. The van der Waals surface area contributed by atoms with Crippen LogP contribution in [0.15, 0.2) is 11.9 Å². The number of allylic oxidation sites excluding steroid dienone is 1. The van der Waals surface area contributed by atoms with E-state index in [2.05, 4.69) is 6.92 Å². The topological polar surface area (TPSA) is 9.23 Å². The lowest BCUT2D eigenvalue weighted by Crippen LogP contribution is -2.33. The van der Waals surface area contributed by atoms with Crippen LogP contribution in [0.4, 0.5) is 17.6 Å². The second-order valence-corrected chi connectivity index (χ2v) is 6.80. The summed E-state index contributed by atoms with van der Waals surface area (Å²) in [4.78, 5) is 0. The van der Waals surface area contributed by atoms with Gasteiger partial charge in [0.15, 0.2) is 0 Å². The fourth-order valence-corrected chi connectivity index (χ4v) is 3.97. The van der Waals surface area contributed by atoms with Gasteiger partial charge < -0.3 is 4.74 Å². The highest BCUT2D eigenvalue weighted by Crippen LogP contribution is 2.39. The van der Waals surface area contributed by atoms with Crippen LogP contribution in [-0.4, -0.2) is 18.9 Å². The van der Waals surface area contributed by atoms with E-state index in [0.29, 0.717) is 24.9 Å². The highest BCUT2D eigenvalue weighted by molar-refractivity contribution is 5.04. The quantitative estimate of drug-likeness (QED) is 0.594. The molecule has 2 atom stereocenters. The fraction of sp³-hybridized carbons (Fsp3) is 0.882. The second kappa shape index (κ2) is 7.80. The molecular formula is C17H26F4O. The first-order chi connectivity index (χ1) is 10.4. The van der Waals surface area contributed by atoms with Gasteiger partial charge in [-0.1, -0.05) is 32.6 Å². The van der Waals surface area contributed by atoms with Gasteiger partial charge in [0.25, 0.3) is 0 Å². The minimum Gasteiger partial charge on any atom is -0.371 e. The van der Waals surface area contributed by atoms with Crippen LogP contribution in [0.25, 0.3) is 0 Å². The van der Waals surface area contributed by atoms with E-state index in [1.807, 2.05) is 0 Å². The summed E-state index contributed by atoms with van der Waals surface area (Å²) in [6.45, 7) is 2.61. The van der Waals surface area contributed by atoms with Crippen molar-refractivity contribution in [1.29, 1.82) is 0 Å². The number of ether oxygens (including phenoxy) is 1. The van der Waals surface area contributed by atoms with E-state index in [1.54, 1.807) is 0 Å². The van der Waals surface area contributed by atoms with Gasteiger partial charge in [-0.25, -0.2) is 4.39 Å². The zero-order chi connectivity index (χ0) is 16.2. The SMILES string of the molecule is CCCC1CCC(C2CCC(C(F)=CC(F)(F)F)OC2)CC1. The molecule has 0 radical (unpaired) electrons. The first-order valence-electron chi connectivity index (χ1n) is 8.45. The normalized spacial score (nSPS) is 34.7. The molecule has 2 aliphatic rings. The first-order valence-corrected chi connectivity index (χ1v) is 8.45. The van der Waals surface area contributed by atoms with Gasteiger partial charge in [0.2, 0.25) is 0 Å². The summed E-state index contributed by atoms with van der Waals surface area (Å²) < 4.78 is 55.4. The van der Waals surface area contributed by atoms with Gasteiger partial charge in [-0.2, -0.15) is 13.2 Å². The summed E-state index contributed by atoms with van der Waals surface area (Å²) in [5.41, 5.74) is 0. The van der Waals surface area contributed by atoms with Crippen molar-refractivity contribution >= 4 is 0 Å². The Kier molecular flexibility index (Phi) is 6.30. The van der Waals surface area contributed by atoms with Crippen molar-refractivity contribution in [3.63, 3.8) is 0 Å². The molecule has 1 heterocycles. The lowest BCUT2D eigenvalue weighted by molar-refractivity contribution is -0.0855. The third-order valence-corrected chi connectivity index (χ3v) is 5.18. The van der Waals surface area contributed by atoms with Gasteiger partial charge in [-0.05, 0) is 43.4 Å². The zero-order valence-corrected chi connectivity index (χ0v) is 13.2. The molecule has 1 aliphatic heterocycles. The van der Waals surface area contributed by atoms with Crippen molar-refractivity contribution < 1.29 is 22.3 Å². The van der Waals surface area contributed by atoms with E-state index in [-0.39, 0.29) is 6.08 Å². The molecule has 0 spiro atoms. The molecule has 2 rings (SSSR count). The molecule has 0 amide bonds. The van der Waals surface area contributed by atoms with Crippen LogP contribution < -0.4 is 0 Å². The van der Waals surface area contributed by atoms with Crippen LogP contribution in [0.1, 0.15) is 58.3 Å². The van der Waals surface area contributed by atoms with Crippen molar-refractivity contribution in [1.82, 2.24) is 0 Å². The van der Waals surface area contributed by atoms with E-state index in [9.17, 15) is 17.6 Å². The van der Waals surface area contributed by atoms with Crippen LogP contribution in [-0.2, 0) is 4.74 Å². The molecule has 1 nitrogen and oxygen atoms in total. The molecule has 2 fully saturated rings. The molecule has 0 aromatic heterocycles. The maximum absolute atomic E-state index is 13.5. The van der Waals surface area contributed by atoms with Gasteiger partial charge in [0, 0.05) is 0 Å². The predicted octanol–water partition coefficient (Wildman–Crippen LogP) is 5.80. The molecular weight excluding hydrogens is 296 g/mol. The average molecular weight is 322 g/mol. The highest BCUT2D eigenvalue weighted by Gasteiger charge is 2.34. The van der Waals surface area contributed by atoms with E-state index >= 15 is 0 Å². The van der Waals surface area contributed by atoms with Crippen molar-refractivity contribution in [3.05, 3.63) is 11.9 Å². The van der Waals surface area contributed by atoms with Crippen molar-refractivity contribution in [2.24, 2.45) is 17.8 Å². The van der Waals surface area contributed by atoms with E-state index in [0.717, 1.165) is 12.3 Å². The maximum Gasteiger partial charge on any atom is 0.412 e. The Morgan fingerprint density at radius 3 is 2.18 bits per heavy atom. The van der Waals surface area contributed by atoms with Gasteiger partial charge >= 0.3 is 6.18 Å². The monoisotopic (exact) mass is 322 g/mol. The van der Waals surface area contributed by atoms with Crippen LogP contribution in [0.2, 0.25) is 0 Å². The minimum absolute atomic E-state index is 0.270. The Morgan fingerprint density at radius 2 is 1.68 bits per heavy atom. The van der Waals surface area contributed by atoms with Crippen LogP contribution >= 0.6 is 0 Å². The number of hydrogen-bond acceptors (Lipinski definition) is 1. The van der Waals surface area contributed by atoms with Gasteiger partial charge in [-0.15, -0.1) is 0 Å². The predicted molar refractivity (Wildman–Crippen MR) is 78.1 cm³/mol. The number of rotatable bonds is 4. The largest absolute Gasteiger partial charge is 0.412 e. The van der Waals surface area contributed by atoms with Crippen molar-refractivity contribution in [3.8, 4) is 0 Å². The molecule has 0 N–H and O–H groups in total. The van der Waals surface area contributed by atoms with Crippen LogP contribution in [0, 0.1) is 17.8 Å². The number of alkyl halides is 3. The molecule has 0 bridgehead atoms. The summed E-state index contributed by atoms with van der Waals surface area (Å²) in [5.74, 6) is 0.643. The van der Waals surface area contributed by atoms with Crippen LogP contribution in [0.5, 0.6) is 0 Å². The molecule has 1 saturated heterocycles. The minimum atomic E-state index is -4.61. The smallest absolute Gasteiger partial charge is 0.371 e. The molecule has 1 aliphatic carbocycles. The lowest BCUT2D eigenvalue weighted by Gasteiger charge is -2.37. The Labute approximate surface area is 130 Å². The van der Waals surface area contributed by atoms with Crippen molar-refractivity contribution in [2.45, 2.75) is 70.6 Å². The molecule has 0 aromatic carbocycles. The molecule has 128 valence electrons. The Balaban J connectivity index is 1.77. The van der Waals surface area contributed by atoms with E-state index in [4.69, 9.17) is 4.74 Å². The first kappa shape index (κ1) is 17.8. The maximum atomic E-state index is 13.5. The fourth-order valence-electron chi connectivity index (χ4n) is 3.97. The van der Waals surface area contributed by atoms with Gasteiger partial charge in [-0.3, -0.25) is 0 Å². The summed E-state index contributed by atoms with van der Waals surface area (Å²) in [7, 11) is 0. The summed E-state index contributed by atoms with van der Waals surface area (Å²) >= 11 is 0. The molecule has 22 heavy (non-hydrogen) atoms. The lowest BCUT2D eigenvalue weighted by atomic mass is 9.73. The Bertz CT molecular complexity index is 361. The van der Waals surface area contributed by atoms with Crippen molar-refractivity contribution in [2.75, 3.05) is 6.61 Å². The average Bonchev–Trinajstić information content (AvgIpc) is 2.47. The van der Waals surface area contributed by atoms with E-state index in [1.165, 1.54) is 38.5 Å². The van der Waals surface area contributed by atoms with Crippen LogP contribution in [0.3, 0.4) is 0 Å². The Morgan fingerprint density at radius 1 is 1.05 bits per heavy atom. The van der Waals surface area contributed by atoms with E-state index < -0.39 is 18.1 Å². The summed E-state index contributed by atoms with van der Waals surface area (Å²) in [5, 5.41) is 0. The van der Waals surface area contributed by atoms with Gasteiger partial charge in [0.1, 0.15) is 11.9 Å². The molecule has 2 unspecified atom stereocenters. The number of halogens is 4. The Hall–Kier alpha value is -0.580. The zero-order valence-electron chi connectivity index (χ0n) is 13.2. The molecule has 0 aromatic rings. The third kappa shape index (κ3) is 5.25. The van der Waals surface area contributed by atoms with Gasteiger partial charge in [0.05, 0.1) is 12.7 Å². The molecule has 1 saturated carbocycles.